The quantitative estimate of drug-likeness (QED) is 0.586. The molecule has 7 nitrogen and oxygen atoms in total. The van der Waals surface area contributed by atoms with Crippen LogP contribution in [0, 0.1) is 19.8 Å². The molecule has 0 N–H and O–H groups in total. The first kappa shape index (κ1) is 25.0. The molecular formula is C26H39N5O2. The zero-order valence-electron chi connectivity index (χ0n) is 20.8. The van der Waals surface area contributed by atoms with E-state index in [1.165, 1.54) is 5.56 Å². The third kappa shape index (κ3) is 6.90. The van der Waals surface area contributed by atoms with E-state index in [1.807, 2.05) is 66.5 Å². The second kappa shape index (κ2) is 11.5. The first-order valence-corrected chi connectivity index (χ1v) is 12.0. The van der Waals surface area contributed by atoms with E-state index in [0.29, 0.717) is 25.4 Å². The number of hydrogen-bond donors (Lipinski definition) is 0. The molecule has 1 aliphatic heterocycles. The molecule has 1 atom stereocenters. The zero-order chi connectivity index (χ0) is 24.0. The molecule has 0 unspecified atom stereocenters. The van der Waals surface area contributed by atoms with Crippen molar-refractivity contribution in [1.29, 1.82) is 0 Å². The van der Waals surface area contributed by atoms with Gasteiger partial charge in [-0.15, -0.1) is 0 Å². The number of aromatic nitrogens is 2. The minimum Gasteiger partial charge on any atom is -0.343 e. The summed E-state index contributed by atoms with van der Waals surface area (Å²) in [5.41, 5.74) is 3.32. The minimum atomic E-state index is 0.131. The maximum atomic E-state index is 12.9. The normalized spacial score (nSPS) is 15.6. The van der Waals surface area contributed by atoms with Gasteiger partial charge in [0.05, 0.1) is 12.2 Å². The Bertz CT molecular complexity index is 916. The number of carbonyl (C=O) groups is 2. The molecule has 1 aromatic carbocycles. The van der Waals surface area contributed by atoms with E-state index in [4.69, 9.17) is 0 Å². The van der Waals surface area contributed by atoms with Crippen molar-refractivity contribution in [1.82, 2.24) is 24.5 Å². The summed E-state index contributed by atoms with van der Waals surface area (Å²) in [6, 6.07) is 12.6. The monoisotopic (exact) mass is 453 g/mol. The van der Waals surface area contributed by atoms with Gasteiger partial charge in [-0.05, 0) is 64.8 Å². The lowest BCUT2D eigenvalue weighted by atomic mass is 9.85. The van der Waals surface area contributed by atoms with Gasteiger partial charge in [0.2, 0.25) is 11.8 Å². The lowest BCUT2D eigenvalue weighted by Crippen LogP contribution is -2.50. The van der Waals surface area contributed by atoms with Crippen LogP contribution in [0.3, 0.4) is 0 Å². The van der Waals surface area contributed by atoms with Crippen LogP contribution >= 0.6 is 0 Å². The lowest BCUT2D eigenvalue weighted by Gasteiger charge is -2.40. The predicted molar refractivity (Wildman–Crippen MR) is 131 cm³/mol. The van der Waals surface area contributed by atoms with Crippen molar-refractivity contribution in [3.05, 3.63) is 53.3 Å². The van der Waals surface area contributed by atoms with Gasteiger partial charge in [0.1, 0.15) is 0 Å². The van der Waals surface area contributed by atoms with Gasteiger partial charge in [0, 0.05) is 44.8 Å². The number of piperidine rings is 1. The Labute approximate surface area is 198 Å². The van der Waals surface area contributed by atoms with Crippen molar-refractivity contribution in [2.24, 2.45) is 5.92 Å². The Hall–Kier alpha value is -2.67. The van der Waals surface area contributed by atoms with E-state index in [0.717, 1.165) is 43.7 Å². The summed E-state index contributed by atoms with van der Waals surface area (Å²) in [6.45, 7) is 6.53. The number of amides is 2. The van der Waals surface area contributed by atoms with Crippen LogP contribution in [0.5, 0.6) is 0 Å². The largest absolute Gasteiger partial charge is 0.343 e. The number of benzene rings is 1. The number of likely N-dealkylation sites (tertiary alicyclic amines) is 1. The molecule has 2 aromatic rings. The number of likely N-dealkylation sites (N-methyl/N-ethyl adjacent to an activating group) is 2. The number of rotatable bonds is 9. The Kier molecular flexibility index (Phi) is 8.67. The molecule has 1 aliphatic rings. The van der Waals surface area contributed by atoms with E-state index < -0.39 is 0 Å². The lowest BCUT2D eigenvalue weighted by molar-refractivity contribution is -0.137. The van der Waals surface area contributed by atoms with Crippen LogP contribution in [0.15, 0.2) is 36.4 Å². The molecule has 33 heavy (non-hydrogen) atoms. The molecule has 0 bridgehead atoms. The third-order valence-electron chi connectivity index (χ3n) is 6.71. The van der Waals surface area contributed by atoms with Crippen LogP contribution in [-0.2, 0) is 22.6 Å². The highest BCUT2D eigenvalue weighted by Gasteiger charge is 2.32. The molecule has 1 fully saturated rings. The number of aryl methyl sites for hydroxylation is 3. The van der Waals surface area contributed by atoms with Crippen molar-refractivity contribution in [3.63, 3.8) is 0 Å². The van der Waals surface area contributed by atoms with Crippen LogP contribution in [0.1, 0.15) is 36.2 Å². The molecule has 0 spiro atoms. The number of carbonyl (C=O) groups excluding carboxylic acids is 2. The summed E-state index contributed by atoms with van der Waals surface area (Å²) in [5.74, 6) is 0.711. The summed E-state index contributed by atoms with van der Waals surface area (Å²) in [5, 5.41) is 4.46. The van der Waals surface area contributed by atoms with Gasteiger partial charge in [0.15, 0.2) is 0 Å². The van der Waals surface area contributed by atoms with Gasteiger partial charge in [-0.25, -0.2) is 0 Å². The summed E-state index contributed by atoms with van der Waals surface area (Å²) in [7, 11) is 5.79. The molecule has 3 rings (SSSR count). The van der Waals surface area contributed by atoms with Gasteiger partial charge in [-0.2, -0.15) is 5.10 Å². The molecule has 0 aliphatic carbocycles. The molecule has 2 amide bonds. The molecular weight excluding hydrogens is 414 g/mol. The average molecular weight is 454 g/mol. The highest BCUT2D eigenvalue weighted by molar-refractivity contribution is 5.78. The van der Waals surface area contributed by atoms with Gasteiger partial charge in [-0.3, -0.25) is 14.3 Å². The van der Waals surface area contributed by atoms with E-state index >= 15 is 0 Å². The van der Waals surface area contributed by atoms with Crippen LogP contribution in [0.2, 0.25) is 0 Å². The first-order valence-electron chi connectivity index (χ1n) is 12.0. The highest BCUT2D eigenvalue weighted by atomic mass is 16.2. The second-order valence-electron chi connectivity index (χ2n) is 9.62. The minimum absolute atomic E-state index is 0.131. The van der Waals surface area contributed by atoms with Crippen LogP contribution in [-0.4, -0.2) is 83.1 Å². The average Bonchev–Trinajstić information content (AvgIpc) is 3.12. The maximum absolute atomic E-state index is 12.9. The van der Waals surface area contributed by atoms with E-state index in [2.05, 4.69) is 29.4 Å². The predicted octanol–water partition coefficient (Wildman–Crippen LogP) is 2.76. The topological polar surface area (TPSA) is 61.7 Å². The van der Waals surface area contributed by atoms with Gasteiger partial charge in [-0.1, -0.05) is 30.3 Å². The van der Waals surface area contributed by atoms with Crippen molar-refractivity contribution in [3.8, 4) is 0 Å². The zero-order valence-corrected chi connectivity index (χ0v) is 20.8. The number of hydrogen-bond acceptors (Lipinski definition) is 4. The van der Waals surface area contributed by atoms with Gasteiger partial charge < -0.3 is 14.7 Å². The summed E-state index contributed by atoms with van der Waals surface area (Å²) in [4.78, 5) is 31.5. The fraction of sp³-hybridized carbons (Fsp3) is 0.577. The fourth-order valence-corrected chi connectivity index (χ4v) is 4.84. The SMILES string of the molecule is Cc1cc(C)n(CCC(=O)N2CCC([C@H](Cc3ccccc3)N(C)C(=O)CN(C)C)CC2)n1. The molecule has 7 heteroatoms. The molecule has 0 radical (unpaired) electrons. The van der Waals surface area contributed by atoms with Gasteiger partial charge in [0.25, 0.3) is 0 Å². The molecule has 1 aromatic heterocycles. The third-order valence-corrected chi connectivity index (χ3v) is 6.71. The smallest absolute Gasteiger partial charge is 0.236 e. The van der Waals surface area contributed by atoms with Crippen LogP contribution < -0.4 is 0 Å². The summed E-state index contributed by atoms with van der Waals surface area (Å²) < 4.78 is 1.92. The highest BCUT2D eigenvalue weighted by Crippen LogP contribution is 2.27. The first-order chi connectivity index (χ1) is 15.7. The summed E-state index contributed by atoms with van der Waals surface area (Å²) in [6.07, 6.45) is 3.15. The van der Waals surface area contributed by atoms with E-state index in [1.54, 1.807) is 0 Å². The maximum Gasteiger partial charge on any atom is 0.236 e. The molecule has 1 saturated heterocycles. The Morgan fingerprint density at radius 2 is 1.76 bits per heavy atom. The van der Waals surface area contributed by atoms with Crippen molar-refractivity contribution < 1.29 is 9.59 Å². The van der Waals surface area contributed by atoms with E-state index in [9.17, 15) is 9.59 Å². The van der Waals surface area contributed by atoms with Crippen LogP contribution in [0.25, 0.3) is 0 Å². The molecule has 0 saturated carbocycles. The Balaban J connectivity index is 1.60. The molecule has 2 heterocycles. The van der Waals surface area contributed by atoms with Crippen molar-refractivity contribution in [2.45, 2.75) is 52.1 Å². The van der Waals surface area contributed by atoms with Crippen molar-refractivity contribution in [2.75, 3.05) is 40.8 Å². The standard InChI is InChI=1S/C26H39N5O2/c1-20-17-21(2)31(27-20)16-13-25(32)30-14-11-23(12-15-30)24(18-22-9-7-6-8-10-22)29(5)26(33)19-28(3)4/h6-10,17,23-24H,11-16,18-19H2,1-5H3/t24-/m0/s1. The fourth-order valence-electron chi connectivity index (χ4n) is 4.84. The Morgan fingerprint density at radius 1 is 1.09 bits per heavy atom. The number of nitrogens with zero attached hydrogens (tertiary/aromatic N) is 5. The van der Waals surface area contributed by atoms with Crippen LogP contribution in [0.4, 0.5) is 0 Å². The second-order valence-corrected chi connectivity index (χ2v) is 9.62. The van der Waals surface area contributed by atoms with E-state index in [-0.39, 0.29) is 17.9 Å². The summed E-state index contributed by atoms with van der Waals surface area (Å²) >= 11 is 0. The molecule has 180 valence electrons. The Morgan fingerprint density at radius 3 is 2.33 bits per heavy atom. The van der Waals surface area contributed by atoms with Gasteiger partial charge >= 0.3 is 0 Å². The van der Waals surface area contributed by atoms with Crippen molar-refractivity contribution >= 4 is 11.8 Å².